The van der Waals surface area contributed by atoms with Crippen LogP contribution in [0.15, 0.2) is 23.1 Å². The van der Waals surface area contributed by atoms with Gasteiger partial charge in [0.2, 0.25) is 10.0 Å². The van der Waals surface area contributed by atoms with Gasteiger partial charge in [0.1, 0.15) is 4.90 Å². The smallest absolute Gasteiger partial charge is 0.240 e. The van der Waals surface area contributed by atoms with Crippen LogP contribution < -0.4 is 15.8 Å². The van der Waals surface area contributed by atoms with Crippen LogP contribution in [0.5, 0.6) is 0 Å². The molecule has 1 aliphatic rings. The number of methoxy groups -OCH3 is 1. The van der Waals surface area contributed by atoms with Gasteiger partial charge in [-0.05, 0) is 30.9 Å². The van der Waals surface area contributed by atoms with Crippen molar-refractivity contribution in [3.63, 3.8) is 0 Å². The first-order valence-electron chi connectivity index (χ1n) is 6.58. The zero-order valence-corrected chi connectivity index (χ0v) is 12.4. The molecular formula is C13H21N3O3S. The fourth-order valence-corrected chi connectivity index (χ4v) is 3.39. The zero-order valence-electron chi connectivity index (χ0n) is 11.6. The third-order valence-corrected chi connectivity index (χ3v) is 4.58. The molecule has 20 heavy (non-hydrogen) atoms. The van der Waals surface area contributed by atoms with Gasteiger partial charge in [-0.3, -0.25) is 0 Å². The number of hydrogen-bond acceptors (Lipinski definition) is 5. The molecule has 1 aliphatic heterocycles. The molecule has 0 aliphatic carbocycles. The Bertz CT molecular complexity index is 572. The standard InChI is InChI=1S/C13H21N3O3S/c1-19-9-10-4-3-7-16(8-10)11-5-2-6-12(13(11)14)20(15,17)18/h2,5-6,10H,3-4,7-9,14H2,1H3,(H2,15,17,18). The van der Waals surface area contributed by atoms with Gasteiger partial charge in [-0.25, -0.2) is 13.6 Å². The van der Waals surface area contributed by atoms with Crippen LogP contribution in [0.4, 0.5) is 11.4 Å². The number of benzene rings is 1. The van der Waals surface area contributed by atoms with E-state index < -0.39 is 10.0 Å². The summed E-state index contributed by atoms with van der Waals surface area (Å²) < 4.78 is 28.2. The Balaban J connectivity index is 2.29. The molecule has 112 valence electrons. The largest absolute Gasteiger partial charge is 0.396 e. The van der Waals surface area contributed by atoms with E-state index in [1.807, 2.05) is 6.07 Å². The van der Waals surface area contributed by atoms with Crippen molar-refractivity contribution in [3.8, 4) is 0 Å². The maximum absolute atomic E-state index is 11.5. The highest BCUT2D eigenvalue weighted by molar-refractivity contribution is 7.89. The Morgan fingerprint density at radius 1 is 1.45 bits per heavy atom. The zero-order chi connectivity index (χ0) is 14.8. The van der Waals surface area contributed by atoms with Crippen LogP contribution in [-0.4, -0.2) is 35.2 Å². The molecule has 0 radical (unpaired) electrons. The maximum Gasteiger partial charge on any atom is 0.240 e. The van der Waals surface area contributed by atoms with Crippen molar-refractivity contribution >= 4 is 21.4 Å². The predicted molar refractivity (Wildman–Crippen MR) is 79.0 cm³/mol. The van der Waals surface area contributed by atoms with Crippen LogP contribution >= 0.6 is 0 Å². The van der Waals surface area contributed by atoms with E-state index in [2.05, 4.69) is 4.90 Å². The molecular weight excluding hydrogens is 278 g/mol. The number of para-hydroxylation sites is 1. The normalized spacial score (nSPS) is 20.1. The monoisotopic (exact) mass is 299 g/mol. The van der Waals surface area contributed by atoms with Crippen LogP contribution in [0.25, 0.3) is 0 Å². The van der Waals surface area contributed by atoms with Gasteiger partial charge in [0.25, 0.3) is 0 Å². The third-order valence-electron chi connectivity index (χ3n) is 3.61. The number of hydrogen-bond donors (Lipinski definition) is 2. The molecule has 1 heterocycles. The number of rotatable bonds is 4. The highest BCUT2D eigenvalue weighted by Gasteiger charge is 2.23. The second-order valence-electron chi connectivity index (χ2n) is 5.14. The molecule has 0 amide bonds. The molecule has 1 atom stereocenters. The van der Waals surface area contributed by atoms with Gasteiger partial charge in [-0.15, -0.1) is 0 Å². The Kier molecular flexibility index (Phi) is 4.52. The molecule has 1 saturated heterocycles. The number of ether oxygens (including phenoxy) is 1. The van der Waals surface area contributed by atoms with Gasteiger partial charge in [-0.2, -0.15) is 0 Å². The molecule has 2 rings (SSSR count). The van der Waals surface area contributed by atoms with Crippen molar-refractivity contribution in [2.24, 2.45) is 11.1 Å². The van der Waals surface area contributed by atoms with Crippen LogP contribution in [0.1, 0.15) is 12.8 Å². The van der Waals surface area contributed by atoms with Crippen molar-refractivity contribution in [2.45, 2.75) is 17.7 Å². The lowest BCUT2D eigenvalue weighted by Crippen LogP contribution is -2.37. The lowest BCUT2D eigenvalue weighted by molar-refractivity contribution is 0.143. The number of nitrogens with zero attached hydrogens (tertiary/aromatic N) is 1. The first-order valence-corrected chi connectivity index (χ1v) is 8.13. The third kappa shape index (κ3) is 3.23. The quantitative estimate of drug-likeness (QED) is 0.800. The minimum Gasteiger partial charge on any atom is -0.396 e. The SMILES string of the molecule is COCC1CCCN(c2cccc(S(N)(=O)=O)c2N)C1. The van der Waals surface area contributed by atoms with Crippen molar-refractivity contribution in [3.05, 3.63) is 18.2 Å². The van der Waals surface area contributed by atoms with Crippen molar-refractivity contribution in [1.29, 1.82) is 0 Å². The Labute approximate surface area is 119 Å². The number of nitrogen functional groups attached to an aromatic ring is 1. The fraction of sp³-hybridized carbons (Fsp3) is 0.538. The molecule has 7 heteroatoms. The summed E-state index contributed by atoms with van der Waals surface area (Å²) >= 11 is 0. The molecule has 1 unspecified atom stereocenters. The molecule has 0 bridgehead atoms. The Morgan fingerprint density at radius 3 is 2.85 bits per heavy atom. The van der Waals surface area contributed by atoms with Gasteiger partial charge in [0.15, 0.2) is 0 Å². The summed E-state index contributed by atoms with van der Waals surface area (Å²) in [4.78, 5) is 2.10. The van der Waals surface area contributed by atoms with Crippen LogP contribution in [0.2, 0.25) is 0 Å². The predicted octanol–water partition coefficient (Wildman–Crippen LogP) is 0.779. The van der Waals surface area contributed by atoms with Crippen molar-refractivity contribution in [2.75, 3.05) is 37.4 Å². The first kappa shape index (κ1) is 15.1. The van der Waals surface area contributed by atoms with Gasteiger partial charge >= 0.3 is 0 Å². The molecule has 0 aromatic heterocycles. The van der Waals surface area contributed by atoms with Gasteiger partial charge in [-0.1, -0.05) is 6.07 Å². The van der Waals surface area contributed by atoms with E-state index in [0.717, 1.165) is 31.6 Å². The van der Waals surface area contributed by atoms with E-state index in [1.165, 1.54) is 6.07 Å². The number of anilines is 2. The Hall–Kier alpha value is -1.31. The summed E-state index contributed by atoms with van der Waals surface area (Å²) in [7, 11) is -2.11. The second kappa shape index (κ2) is 5.99. The number of nitrogens with two attached hydrogens (primary N) is 2. The van der Waals surface area contributed by atoms with Crippen LogP contribution in [0.3, 0.4) is 0 Å². The summed E-state index contributed by atoms with van der Waals surface area (Å²) in [5.41, 5.74) is 6.95. The van der Waals surface area contributed by atoms with Crippen LogP contribution in [0, 0.1) is 5.92 Å². The molecule has 0 spiro atoms. The first-order chi connectivity index (χ1) is 9.43. The lowest BCUT2D eigenvalue weighted by atomic mass is 9.98. The molecule has 1 aromatic rings. The Morgan fingerprint density at radius 2 is 2.20 bits per heavy atom. The molecule has 4 N–H and O–H groups in total. The van der Waals surface area contributed by atoms with Crippen molar-refractivity contribution < 1.29 is 13.2 Å². The summed E-state index contributed by atoms with van der Waals surface area (Å²) in [5, 5.41) is 5.18. The van der Waals surface area contributed by atoms with E-state index in [1.54, 1.807) is 13.2 Å². The van der Waals surface area contributed by atoms with E-state index in [0.29, 0.717) is 12.5 Å². The number of primary sulfonamides is 1. The van der Waals surface area contributed by atoms with Gasteiger partial charge in [0, 0.05) is 20.2 Å². The average molecular weight is 299 g/mol. The fourth-order valence-electron chi connectivity index (χ4n) is 2.71. The minimum absolute atomic E-state index is 0.0103. The number of sulfonamides is 1. The van der Waals surface area contributed by atoms with E-state index in [4.69, 9.17) is 15.6 Å². The van der Waals surface area contributed by atoms with E-state index in [9.17, 15) is 8.42 Å². The topological polar surface area (TPSA) is 98.6 Å². The summed E-state index contributed by atoms with van der Waals surface area (Å²) in [6, 6.07) is 4.94. The minimum atomic E-state index is -3.79. The lowest BCUT2D eigenvalue weighted by Gasteiger charge is -2.35. The van der Waals surface area contributed by atoms with Crippen molar-refractivity contribution in [1.82, 2.24) is 0 Å². The summed E-state index contributed by atoms with van der Waals surface area (Å²) in [6.45, 7) is 2.37. The van der Waals surface area contributed by atoms with Gasteiger partial charge in [0.05, 0.1) is 18.0 Å². The summed E-state index contributed by atoms with van der Waals surface area (Å²) in [5.74, 6) is 0.436. The van der Waals surface area contributed by atoms with Crippen LogP contribution in [-0.2, 0) is 14.8 Å². The molecule has 1 aromatic carbocycles. The van der Waals surface area contributed by atoms with Gasteiger partial charge < -0.3 is 15.4 Å². The van der Waals surface area contributed by atoms with E-state index in [-0.39, 0.29) is 10.6 Å². The average Bonchev–Trinajstić information content (AvgIpc) is 2.38. The summed E-state index contributed by atoms with van der Waals surface area (Å²) in [6.07, 6.45) is 2.15. The highest BCUT2D eigenvalue weighted by atomic mass is 32.2. The second-order valence-corrected chi connectivity index (χ2v) is 6.67. The maximum atomic E-state index is 11.5. The molecule has 1 fully saturated rings. The highest BCUT2D eigenvalue weighted by Crippen LogP contribution is 2.32. The molecule has 6 nitrogen and oxygen atoms in total. The number of piperidine rings is 1. The van der Waals surface area contributed by atoms with E-state index >= 15 is 0 Å². The molecule has 0 saturated carbocycles.